The number of carbonyl (C=O) groups is 2. The molecule has 0 heterocycles. The van der Waals surface area contributed by atoms with Crippen LogP contribution < -0.4 is 5.32 Å². The number of ether oxygens (including phenoxy) is 1. The summed E-state index contributed by atoms with van der Waals surface area (Å²) in [4.78, 5) is 25.7. The number of hydrogen-bond acceptors (Lipinski definition) is 5. The van der Waals surface area contributed by atoms with Gasteiger partial charge in [-0.1, -0.05) is 23.7 Å². The van der Waals surface area contributed by atoms with Gasteiger partial charge in [0.25, 0.3) is 5.91 Å². The van der Waals surface area contributed by atoms with Crippen LogP contribution in [0.5, 0.6) is 0 Å². The molecule has 0 aliphatic carbocycles. The smallest absolute Gasteiger partial charge is 0.306 e. The highest BCUT2D eigenvalue weighted by molar-refractivity contribution is 7.99. The van der Waals surface area contributed by atoms with Crippen LogP contribution in [0, 0.1) is 0 Å². The van der Waals surface area contributed by atoms with Crippen LogP contribution in [0.1, 0.15) is 12.8 Å². The van der Waals surface area contributed by atoms with E-state index >= 15 is 0 Å². The lowest BCUT2D eigenvalue weighted by molar-refractivity contribution is -0.147. The van der Waals surface area contributed by atoms with E-state index < -0.39 is 0 Å². The number of anilines is 1. The summed E-state index contributed by atoms with van der Waals surface area (Å²) in [5.41, 5.74) is 0.723. The molecular formula is C19H20ClNO3S2. The molecule has 1 N–H and O–H groups in total. The highest BCUT2D eigenvalue weighted by atomic mass is 35.5. The minimum Gasteiger partial charge on any atom is -0.456 e. The van der Waals surface area contributed by atoms with Gasteiger partial charge in [0.05, 0.1) is 5.69 Å². The third kappa shape index (κ3) is 7.32. The Morgan fingerprint density at radius 2 is 1.85 bits per heavy atom. The van der Waals surface area contributed by atoms with Gasteiger partial charge in [-0.15, -0.1) is 23.5 Å². The molecule has 2 rings (SSSR count). The number of nitrogens with one attached hydrogen (secondary N) is 1. The number of esters is 1. The molecule has 7 heteroatoms. The fourth-order valence-corrected chi connectivity index (χ4v) is 3.62. The van der Waals surface area contributed by atoms with Crippen LogP contribution in [0.2, 0.25) is 5.02 Å². The highest BCUT2D eigenvalue weighted by Gasteiger charge is 2.09. The first-order valence-corrected chi connectivity index (χ1v) is 10.6. The van der Waals surface area contributed by atoms with Crippen LogP contribution in [-0.4, -0.2) is 30.5 Å². The largest absolute Gasteiger partial charge is 0.456 e. The van der Waals surface area contributed by atoms with Crippen molar-refractivity contribution in [1.29, 1.82) is 0 Å². The topological polar surface area (TPSA) is 55.4 Å². The van der Waals surface area contributed by atoms with Crippen molar-refractivity contribution in [3.63, 3.8) is 0 Å². The van der Waals surface area contributed by atoms with Crippen molar-refractivity contribution >= 4 is 52.7 Å². The van der Waals surface area contributed by atoms with Crippen molar-refractivity contribution in [3.8, 4) is 0 Å². The van der Waals surface area contributed by atoms with E-state index in [4.69, 9.17) is 16.3 Å². The third-order valence-corrected chi connectivity index (χ3v) is 5.50. The number of halogens is 1. The summed E-state index contributed by atoms with van der Waals surface area (Å²) in [7, 11) is 0. The minimum atomic E-state index is -0.366. The van der Waals surface area contributed by atoms with Gasteiger partial charge in [-0.2, -0.15) is 0 Å². The molecule has 0 spiro atoms. The second-order valence-corrected chi connectivity index (χ2v) is 7.77. The number of para-hydroxylation sites is 1. The summed E-state index contributed by atoms with van der Waals surface area (Å²) >= 11 is 9.03. The van der Waals surface area contributed by atoms with E-state index in [-0.39, 0.29) is 24.9 Å². The number of hydrogen-bond donors (Lipinski definition) is 1. The summed E-state index contributed by atoms with van der Waals surface area (Å²) in [5, 5.41) is 3.46. The van der Waals surface area contributed by atoms with Gasteiger partial charge in [0.1, 0.15) is 0 Å². The average Bonchev–Trinajstić information content (AvgIpc) is 2.65. The van der Waals surface area contributed by atoms with E-state index in [0.29, 0.717) is 11.4 Å². The summed E-state index contributed by atoms with van der Waals surface area (Å²) < 4.78 is 5.03. The van der Waals surface area contributed by atoms with Crippen LogP contribution in [0.4, 0.5) is 5.69 Å². The summed E-state index contributed by atoms with van der Waals surface area (Å²) in [6.07, 6.45) is 2.91. The number of benzene rings is 2. The highest BCUT2D eigenvalue weighted by Crippen LogP contribution is 2.24. The second kappa shape index (κ2) is 11.2. The Labute approximate surface area is 167 Å². The Hall–Kier alpha value is -1.63. The van der Waals surface area contributed by atoms with Gasteiger partial charge in [-0.25, -0.2) is 0 Å². The molecule has 0 saturated carbocycles. The van der Waals surface area contributed by atoms with Gasteiger partial charge in [0.2, 0.25) is 0 Å². The maximum Gasteiger partial charge on any atom is 0.306 e. The Morgan fingerprint density at radius 3 is 2.58 bits per heavy atom. The van der Waals surface area contributed by atoms with Crippen molar-refractivity contribution in [2.24, 2.45) is 0 Å². The zero-order valence-corrected chi connectivity index (χ0v) is 16.8. The van der Waals surface area contributed by atoms with Crippen molar-refractivity contribution < 1.29 is 14.3 Å². The minimum absolute atomic E-state index is 0.272. The summed E-state index contributed by atoms with van der Waals surface area (Å²) in [6, 6.07) is 15.1. The molecule has 2 aromatic carbocycles. The molecule has 0 aliphatic heterocycles. The molecule has 0 fully saturated rings. The van der Waals surface area contributed by atoms with Crippen LogP contribution in [0.15, 0.2) is 58.3 Å². The molecule has 0 radical (unpaired) electrons. The molecule has 0 unspecified atom stereocenters. The summed E-state index contributed by atoms with van der Waals surface area (Å²) in [5.74, 6) is 0.0923. The lowest BCUT2D eigenvalue weighted by Crippen LogP contribution is -2.21. The van der Waals surface area contributed by atoms with Gasteiger partial charge < -0.3 is 10.1 Å². The standard InChI is InChI=1S/C19H20ClNO3S2/c1-25-17-6-3-2-5-16(17)21-18(22)13-24-19(23)7-4-12-26-15-10-8-14(20)9-11-15/h2-3,5-6,8-11H,4,7,12-13H2,1H3,(H,21,22). The SMILES string of the molecule is CSc1ccccc1NC(=O)COC(=O)CCCSc1ccc(Cl)cc1. The van der Waals surface area contributed by atoms with Gasteiger partial charge in [-0.3, -0.25) is 9.59 Å². The Morgan fingerprint density at radius 1 is 1.12 bits per heavy atom. The maximum atomic E-state index is 11.9. The molecule has 0 aromatic heterocycles. The van der Waals surface area contributed by atoms with Crippen LogP contribution in [0.25, 0.3) is 0 Å². The van der Waals surface area contributed by atoms with E-state index in [0.717, 1.165) is 21.2 Å². The molecule has 1 amide bonds. The summed E-state index contributed by atoms with van der Waals surface area (Å²) in [6.45, 7) is -0.272. The molecule has 0 atom stereocenters. The predicted molar refractivity (Wildman–Crippen MR) is 109 cm³/mol. The van der Waals surface area contributed by atoms with Crippen molar-refractivity contribution in [1.82, 2.24) is 0 Å². The first kappa shape index (κ1) is 20.7. The van der Waals surface area contributed by atoms with Gasteiger partial charge in [-0.05, 0) is 54.8 Å². The first-order valence-electron chi connectivity index (χ1n) is 8.05. The number of thioether (sulfide) groups is 2. The predicted octanol–water partition coefficient (Wildman–Crippen LogP) is 5.12. The molecule has 4 nitrogen and oxygen atoms in total. The van der Waals surface area contributed by atoms with Gasteiger partial charge in [0.15, 0.2) is 6.61 Å². The molecule has 2 aromatic rings. The lowest BCUT2D eigenvalue weighted by atomic mass is 10.3. The normalized spacial score (nSPS) is 10.4. The molecule has 0 saturated heterocycles. The van der Waals surface area contributed by atoms with Crippen LogP contribution >= 0.6 is 35.1 Å². The number of carbonyl (C=O) groups excluding carboxylic acids is 2. The van der Waals surface area contributed by atoms with Crippen LogP contribution in [-0.2, 0) is 14.3 Å². The number of amides is 1. The fraction of sp³-hybridized carbons (Fsp3) is 0.263. The zero-order valence-electron chi connectivity index (χ0n) is 14.4. The van der Waals surface area contributed by atoms with E-state index in [9.17, 15) is 9.59 Å². The second-order valence-electron chi connectivity index (χ2n) is 5.32. The third-order valence-electron chi connectivity index (χ3n) is 3.35. The first-order chi connectivity index (χ1) is 12.6. The lowest BCUT2D eigenvalue weighted by Gasteiger charge is -2.09. The van der Waals surface area contributed by atoms with Crippen molar-refractivity contribution in [2.75, 3.05) is 23.9 Å². The van der Waals surface area contributed by atoms with E-state index in [1.165, 1.54) is 0 Å². The van der Waals surface area contributed by atoms with Crippen molar-refractivity contribution in [3.05, 3.63) is 53.6 Å². The fourth-order valence-electron chi connectivity index (χ4n) is 2.09. The van der Waals surface area contributed by atoms with Gasteiger partial charge >= 0.3 is 5.97 Å². The van der Waals surface area contributed by atoms with E-state index in [2.05, 4.69) is 5.32 Å². The molecule has 138 valence electrons. The zero-order chi connectivity index (χ0) is 18.8. The Balaban J connectivity index is 1.63. The molecule has 0 bridgehead atoms. The Kier molecular flexibility index (Phi) is 8.88. The van der Waals surface area contributed by atoms with Crippen LogP contribution in [0.3, 0.4) is 0 Å². The molecule has 26 heavy (non-hydrogen) atoms. The quantitative estimate of drug-likeness (QED) is 0.354. The molecule has 0 aliphatic rings. The molecular weight excluding hydrogens is 390 g/mol. The monoisotopic (exact) mass is 409 g/mol. The Bertz CT molecular complexity index is 738. The number of rotatable bonds is 9. The van der Waals surface area contributed by atoms with E-state index in [1.807, 2.05) is 54.8 Å². The van der Waals surface area contributed by atoms with Crippen molar-refractivity contribution in [2.45, 2.75) is 22.6 Å². The van der Waals surface area contributed by atoms with Gasteiger partial charge in [0, 0.05) is 21.2 Å². The van der Waals surface area contributed by atoms with E-state index in [1.54, 1.807) is 23.5 Å². The maximum absolute atomic E-state index is 11.9. The average molecular weight is 410 g/mol.